The molecule has 2 aromatic rings. The van der Waals surface area contributed by atoms with Crippen LogP contribution in [0.4, 0.5) is 0 Å². The van der Waals surface area contributed by atoms with Crippen LogP contribution >= 0.6 is 11.6 Å². The molecule has 0 amide bonds. The summed E-state index contributed by atoms with van der Waals surface area (Å²) in [5.74, 6) is 0.508. The van der Waals surface area contributed by atoms with Gasteiger partial charge in [-0.15, -0.1) is 11.6 Å². The Balaban J connectivity index is 1.70. The van der Waals surface area contributed by atoms with E-state index in [0.29, 0.717) is 18.3 Å². The van der Waals surface area contributed by atoms with Crippen molar-refractivity contribution in [1.29, 1.82) is 5.26 Å². The van der Waals surface area contributed by atoms with Crippen molar-refractivity contribution in [3.8, 4) is 6.07 Å². The molecule has 1 saturated heterocycles. The maximum atomic E-state index is 9.89. The van der Waals surface area contributed by atoms with Crippen LogP contribution in [0.2, 0.25) is 0 Å². The maximum Gasteiger partial charge on any atom is 0.0849 e. The van der Waals surface area contributed by atoms with Crippen LogP contribution in [-0.2, 0) is 12.0 Å². The van der Waals surface area contributed by atoms with Crippen LogP contribution in [0.1, 0.15) is 24.0 Å². The minimum absolute atomic E-state index is 0.471. The summed E-state index contributed by atoms with van der Waals surface area (Å²) in [5.41, 5.74) is 1.95. The third-order valence-corrected chi connectivity index (χ3v) is 4.89. The van der Waals surface area contributed by atoms with Gasteiger partial charge in [-0.1, -0.05) is 60.7 Å². The second kappa shape index (κ2) is 7.17. The third-order valence-electron chi connectivity index (χ3n) is 4.70. The number of alkyl halides is 1. The van der Waals surface area contributed by atoms with E-state index >= 15 is 0 Å². The molecule has 23 heavy (non-hydrogen) atoms. The summed E-state index contributed by atoms with van der Waals surface area (Å²) < 4.78 is 0. The lowest BCUT2D eigenvalue weighted by atomic mass is 9.75. The second-order valence-corrected chi connectivity index (χ2v) is 6.65. The molecular formula is C20H21ClN2. The highest BCUT2D eigenvalue weighted by Crippen LogP contribution is 2.38. The van der Waals surface area contributed by atoms with E-state index in [4.69, 9.17) is 11.6 Å². The lowest BCUT2D eigenvalue weighted by Gasteiger charge is -2.26. The van der Waals surface area contributed by atoms with E-state index in [-0.39, 0.29) is 0 Å². The van der Waals surface area contributed by atoms with Gasteiger partial charge < -0.3 is 0 Å². The zero-order valence-corrected chi connectivity index (χ0v) is 13.9. The van der Waals surface area contributed by atoms with E-state index in [1.807, 2.05) is 24.3 Å². The summed E-state index contributed by atoms with van der Waals surface area (Å²) in [6, 6.07) is 23.7. The zero-order valence-electron chi connectivity index (χ0n) is 13.2. The molecule has 0 aromatic heterocycles. The van der Waals surface area contributed by atoms with Crippen LogP contribution in [0.5, 0.6) is 0 Å². The lowest BCUT2D eigenvalue weighted by molar-refractivity contribution is 0.413. The van der Waals surface area contributed by atoms with Crippen molar-refractivity contribution >= 4 is 11.6 Å². The van der Waals surface area contributed by atoms with Crippen LogP contribution in [0.3, 0.4) is 0 Å². The molecule has 1 heterocycles. The fourth-order valence-electron chi connectivity index (χ4n) is 3.28. The van der Waals surface area contributed by atoms with Crippen LogP contribution in [-0.4, -0.2) is 23.4 Å². The molecule has 1 unspecified atom stereocenters. The smallest absolute Gasteiger partial charge is 0.0849 e. The summed E-state index contributed by atoms with van der Waals surface area (Å²) in [6.45, 7) is 2.02. The number of hydrogen-bond acceptors (Lipinski definition) is 2. The first kappa shape index (κ1) is 16.1. The average molecular weight is 325 g/mol. The molecule has 0 radical (unpaired) electrons. The van der Waals surface area contributed by atoms with Gasteiger partial charge in [0.2, 0.25) is 0 Å². The average Bonchev–Trinajstić information content (AvgIpc) is 3.33. The van der Waals surface area contributed by atoms with Gasteiger partial charge in [0.05, 0.1) is 11.5 Å². The monoisotopic (exact) mass is 324 g/mol. The number of hydrogen-bond donors (Lipinski definition) is 0. The van der Waals surface area contributed by atoms with Gasteiger partial charge in [0.1, 0.15) is 0 Å². The Morgan fingerprint density at radius 2 is 1.74 bits per heavy atom. The molecule has 1 aliphatic rings. The highest BCUT2D eigenvalue weighted by molar-refractivity contribution is 6.17. The van der Waals surface area contributed by atoms with Crippen molar-refractivity contribution in [2.24, 2.45) is 0 Å². The Morgan fingerprint density at radius 3 is 2.35 bits per heavy atom. The standard InChI is InChI=1S/C20H21ClN2/c21-12-11-20(16-22,18-9-5-2-6-10-18)13-19-15-23(19)14-17-7-3-1-4-8-17/h1-10,19H,11-15H2/t19-,20+,23?/m1/s1. The number of rotatable bonds is 7. The van der Waals surface area contributed by atoms with Gasteiger partial charge in [0.15, 0.2) is 0 Å². The Bertz CT molecular complexity index is 665. The molecular weight excluding hydrogens is 304 g/mol. The summed E-state index contributed by atoms with van der Waals surface area (Å²) in [5, 5.41) is 9.89. The van der Waals surface area contributed by atoms with Crippen molar-refractivity contribution in [3.05, 3.63) is 71.8 Å². The molecule has 2 nitrogen and oxygen atoms in total. The number of nitrogens with zero attached hydrogens (tertiary/aromatic N) is 2. The molecule has 0 spiro atoms. The SMILES string of the molecule is N#C[C@](CCCl)(C[C@@H]1CN1Cc1ccccc1)c1ccccc1. The Kier molecular flexibility index (Phi) is 5.00. The van der Waals surface area contributed by atoms with Gasteiger partial charge in [0, 0.05) is 25.0 Å². The van der Waals surface area contributed by atoms with Crippen molar-refractivity contribution in [2.45, 2.75) is 30.8 Å². The molecule has 3 heteroatoms. The van der Waals surface area contributed by atoms with E-state index in [9.17, 15) is 5.26 Å². The van der Waals surface area contributed by atoms with Gasteiger partial charge >= 0.3 is 0 Å². The molecule has 0 bridgehead atoms. The highest BCUT2D eigenvalue weighted by atomic mass is 35.5. The van der Waals surface area contributed by atoms with Gasteiger partial charge in [-0.2, -0.15) is 5.26 Å². The first-order valence-electron chi connectivity index (χ1n) is 8.08. The van der Waals surface area contributed by atoms with E-state index < -0.39 is 5.41 Å². The molecule has 1 fully saturated rings. The molecule has 0 saturated carbocycles. The lowest BCUT2D eigenvalue weighted by Crippen LogP contribution is -2.28. The topological polar surface area (TPSA) is 26.8 Å². The Hall–Kier alpha value is -1.82. The van der Waals surface area contributed by atoms with E-state index in [0.717, 1.165) is 25.1 Å². The van der Waals surface area contributed by atoms with Gasteiger partial charge in [-0.05, 0) is 24.0 Å². The van der Waals surface area contributed by atoms with E-state index in [1.165, 1.54) is 5.56 Å². The zero-order chi connectivity index (χ0) is 16.1. The molecule has 0 N–H and O–H groups in total. The number of halogens is 1. The first-order valence-corrected chi connectivity index (χ1v) is 8.61. The van der Waals surface area contributed by atoms with E-state index in [1.54, 1.807) is 0 Å². The van der Waals surface area contributed by atoms with Crippen LogP contribution in [0.15, 0.2) is 60.7 Å². The second-order valence-electron chi connectivity index (χ2n) is 6.27. The van der Waals surface area contributed by atoms with E-state index in [2.05, 4.69) is 47.4 Å². The predicted molar refractivity (Wildman–Crippen MR) is 94.3 cm³/mol. The maximum absolute atomic E-state index is 9.89. The van der Waals surface area contributed by atoms with Crippen LogP contribution in [0.25, 0.3) is 0 Å². The molecule has 3 rings (SSSR count). The summed E-state index contributed by atoms with van der Waals surface area (Å²) in [6.07, 6.45) is 1.55. The Morgan fingerprint density at radius 1 is 1.09 bits per heavy atom. The molecule has 3 atom stereocenters. The van der Waals surface area contributed by atoms with Crippen molar-refractivity contribution < 1.29 is 0 Å². The minimum atomic E-state index is -0.473. The van der Waals surface area contributed by atoms with Crippen molar-refractivity contribution in [1.82, 2.24) is 4.90 Å². The summed E-state index contributed by atoms with van der Waals surface area (Å²) >= 11 is 6.02. The quantitative estimate of drug-likeness (QED) is 0.559. The molecule has 118 valence electrons. The van der Waals surface area contributed by atoms with Crippen molar-refractivity contribution in [2.75, 3.05) is 12.4 Å². The van der Waals surface area contributed by atoms with Crippen LogP contribution < -0.4 is 0 Å². The van der Waals surface area contributed by atoms with Crippen molar-refractivity contribution in [3.63, 3.8) is 0 Å². The van der Waals surface area contributed by atoms with Gasteiger partial charge in [-0.3, -0.25) is 4.90 Å². The largest absolute Gasteiger partial charge is 0.293 e. The molecule has 2 aromatic carbocycles. The third kappa shape index (κ3) is 3.75. The number of benzene rings is 2. The summed E-state index contributed by atoms with van der Waals surface area (Å²) in [4.78, 5) is 2.43. The predicted octanol–water partition coefficient (Wildman–Crippen LogP) is 4.35. The fraction of sp³-hybridized carbons (Fsp3) is 0.350. The molecule has 1 aliphatic heterocycles. The van der Waals surface area contributed by atoms with Gasteiger partial charge in [0.25, 0.3) is 0 Å². The fourth-order valence-corrected chi connectivity index (χ4v) is 3.60. The normalized spacial score (nSPS) is 22.1. The van der Waals surface area contributed by atoms with Gasteiger partial charge in [-0.25, -0.2) is 0 Å². The number of nitriles is 1. The highest BCUT2D eigenvalue weighted by Gasteiger charge is 2.43. The Labute approximate surface area is 143 Å². The van der Waals surface area contributed by atoms with Crippen LogP contribution in [0, 0.1) is 11.3 Å². The first-order chi connectivity index (χ1) is 11.3. The molecule has 0 aliphatic carbocycles. The minimum Gasteiger partial charge on any atom is -0.293 e. The summed E-state index contributed by atoms with van der Waals surface area (Å²) in [7, 11) is 0.